The molecule has 0 bridgehead atoms. The lowest BCUT2D eigenvalue weighted by molar-refractivity contribution is 0.102. The Labute approximate surface area is 189 Å². The molecule has 5 rings (SSSR count). The van der Waals surface area contributed by atoms with E-state index in [0.717, 1.165) is 33.5 Å². The number of nitrogens with zero attached hydrogens (tertiary/aromatic N) is 2. The minimum atomic E-state index is -0.164. The van der Waals surface area contributed by atoms with Crippen molar-refractivity contribution in [3.8, 4) is 17.2 Å². The summed E-state index contributed by atoms with van der Waals surface area (Å²) < 4.78 is 16.2. The molecule has 0 saturated heterocycles. The summed E-state index contributed by atoms with van der Waals surface area (Å²) in [7, 11) is 0. The number of benzene rings is 3. The molecule has 0 radical (unpaired) electrons. The van der Waals surface area contributed by atoms with Crippen molar-refractivity contribution in [1.82, 2.24) is 9.78 Å². The summed E-state index contributed by atoms with van der Waals surface area (Å²) in [6.45, 7) is 1.15. The van der Waals surface area contributed by atoms with Gasteiger partial charge < -0.3 is 19.5 Å². The predicted octanol–water partition coefficient (Wildman–Crippen LogP) is 5.02. The first kappa shape index (κ1) is 20.0. The van der Waals surface area contributed by atoms with Crippen LogP contribution in [0.2, 0.25) is 0 Å². The zero-order chi connectivity index (χ0) is 21.8. The van der Waals surface area contributed by atoms with Gasteiger partial charge in [0.05, 0.1) is 5.69 Å². The van der Waals surface area contributed by atoms with Crippen molar-refractivity contribution in [2.45, 2.75) is 4.90 Å². The van der Waals surface area contributed by atoms with E-state index in [4.69, 9.17) is 9.47 Å². The van der Waals surface area contributed by atoms with Crippen molar-refractivity contribution in [2.24, 2.45) is 0 Å². The fourth-order valence-corrected chi connectivity index (χ4v) is 3.89. The summed E-state index contributed by atoms with van der Waals surface area (Å²) in [4.78, 5) is 13.6. The monoisotopic (exact) mass is 444 g/mol. The Balaban J connectivity index is 1.17. The third-order valence-electron chi connectivity index (χ3n) is 4.84. The Morgan fingerprint density at radius 3 is 2.41 bits per heavy atom. The van der Waals surface area contributed by atoms with E-state index in [2.05, 4.69) is 15.1 Å². The van der Waals surface area contributed by atoms with Crippen LogP contribution in [0.1, 0.15) is 10.4 Å². The molecule has 32 heavy (non-hydrogen) atoms. The van der Waals surface area contributed by atoms with Crippen molar-refractivity contribution >= 4 is 29.2 Å². The van der Waals surface area contributed by atoms with Gasteiger partial charge in [-0.2, -0.15) is 5.10 Å². The zero-order valence-electron chi connectivity index (χ0n) is 17.0. The summed E-state index contributed by atoms with van der Waals surface area (Å²) in [5.74, 6) is 1.37. The Bertz CT molecular complexity index is 1210. The molecule has 1 aromatic heterocycles. The molecule has 7 nitrogen and oxygen atoms in total. The van der Waals surface area contributed by atoms with E-state index >= 15 is 0 Å². The van der Waals surface area contributed by atoms with Crippen LogP contribution in [0.4, 0.5) is 11.4 Å². The lowest BCUT2D eigenvalue weighted by Crippen LogP contribution is -2.15. The third-order valence-corrected chi connectivity index (χ3v) is 5.67. The highest BCUT2D eigenvalue weighted by molar-refractivity contribution is 8.00. The van der Waals surface area contributed by atoms with Crippen LogP contribution in [-0.4, -0.2) is 28.9 Å². The lowest BCUT2D eigenvalue weighted by atomic mass is 10.2. The number of anilines is 2. The molecular weight excluding hydrogens is 424 g/mol. The van der Waals surface area contributed by atoms with E-state index in [9.17, 15) is 4.79 Å². The zero-order valence-corrected chi connectivity index (χ0v) is 17.8. The predicted molar refractivity (Wildman–Crippen MR) is 125 cm³/mol. The van der Waals surface area contributed by atoms with E-state index in [1.54, 1.807) is 23.0 Å². The van der Waals surface area contributed by atoms with Gasteiger partial charge in [-0.05, 0) is 84.7 Å². The Hall–Kier alpha value is -3.91. The van der Waals surface area contributed by atoms with Crippen molar-refractivity contribution in [3.05, 3.63) is 90.8 Å². The van der Waals surface area contributed by atoms with Gasteiger partial charge >= 0.3 is 0 Å². The van der Waals surface area contributed by atoms with Crippen molar-refractivity contribution in [3.63, 3.8) is 0 Å². The highest BCUT2D eigenvalue weighted by Gasteiger charge is 2.12. The fraction of sp³-hybridized carbons (Fsp3) is 0.0833. The van der Waals surface area contributed by atoms with Crippen LogP contribution in [0.5, 0.6) is 11.5 Å². The number of aromatic nitrogens is 2. The average molecular weight is 445 g/mol. The maximum Gasteiger partial charge on any atom is 0.255 e. The van der Waals surface area contributed by atoms with Gasteiger partial charge in [0.1, 0.15) is 13.2 Å². The molecule has 1 amide bonds. The van der Waals surface area contributed by atoms with E-state index < -0.39 is 0 Å². The molecule has 0 atom stereocenters. The molecule has 4 aromatic rings. The molecule has 0 fully saturated rings. The first-order chi connectivity index (χ1) is 15.7. The van der Waals surface area contributed by atoms with E-state index in [0.29, 0.717) is 18.8 Å². The van der Waals surface area contributed by atoms with Crippen LogP contribution in [0.25, 0.3) is 5.69 Å². The van der Waals surface area contributed by atoms with Crippen molar-refractivity contribution < 1.29 is 14.3 Å². The topological polar surface area (TPSA) is 77.4 Å². The van der Waals surface area contributed by atoms with Gasteiger partial charge in [0.2, 0.25) is 0 Å². The van der Waals surface area contributed by atoms with E-state index in [-0.39, 0.29) is 5.91 Å². The molecule has 1 aliphatic heterocycles. The maximum atomic E-state index is 12.5. The standard InChI is InChI=1S/C24H20N4O3S/c29-24(17-2-8-20(9-3-17)28-13-1-12-25-28)26-18-4-6-19(7-5-18)27-32-21-10-11-22-23(16-21)31-15-14-30-22/h1-13,16,27H,14-15H2,(H,26,29). The largest absolute Gasteiger partial charge is 0.486 e. The number of ether oxygens (including phenoxy) is 2. The van der Waals surface area contributed by atoms with Gasteiger partial charge in [-0.3, -0.25) is 4.79 Å². The smallest absolute Gasteiger partial charge is 0.255 e. The van der Waals surface area contributed by atoms with Crippen molar-refractivity contribution in [1.29, 1.82) is 0 Å². The molecule has 2 heterocycles. The molecule has 0 saturated carbocycles. The number of rotatable bonds is 6. The number of fused-ring (bicyclic) bond motifs is 1. The van der Waals surface area contributed by atoms with Gasteiger partial charge in [0.15, 0.2) is 11.5 Å². The van der Waals surface area contributed by atoms with Crippen molar-refractivity contribution in [2.75, 3.05) is 23.3 Å². The Morgan fingerprint density at radius 1 is 0.906 bits per heavy atom. The summed E-state index contributed by atoms with van der Waals surface area (Å²) in [5, 5.41) is 7.11. The molecule has 0 unspecified atom stereocenters. The maximum absolute atomic E-state index is 12.5. The van der Waals surface area contributed by atoms with E-state index in [1.807, 2.05) is 66.9 Å². The van der Waals surface area contributed by atoms with Crippen LogP contribution in [0.3, 0.4) is 0 Å². The third kappa shape index (κ3) is 4.55. The van der Waals surface area contributed by atoms with Gasteiger partial charge in [0.25, 0.3) is 5.91 Å². The van der Waals surface area contributed by atoms with Gasteiger partial charge in [-0.25, -0.2) is 4.68 Å². The fourth-order valence-electron chi connectivity index (χ4n) is 3.22. The van der Waals surface area contributed by atoms with Crippen LogP contribution >= 0.6 is 11.9 Å². The second-order valence-electron chi connectivity index (χ2n) is 7.04. The summed E-state index contributed by atoms with van der Waals surface area (Å²) in [5.41, 5.74) is 3.13. The van der Waals surface area contributed by atoms with Crippen LogP contribution in [0.15, 0.2) is 90.1 Å². The number of hydrogen-bond acceptors (Lipinski definition) is 6. The van der Waals surface area contributed by atoms with Gasteiger partial charge in [-0.1, -0.05) is 0 Å². The summed E-state index contributed by atoms with van der Waals surface area (Å²) in [6.07, 6.45) is 3.57. The van der Waals surface area contributed by atoms with Gasteiger partial charge in [0, 0.05) is 34.2 Å². The van der Waals surface area contributed by atoms with Crippen LogP contribution in [0, 0.1) is 0 Å². The quantitative estimate of drug-likeness (QED) is 0.407. The average Bonchev–Trinajstić information content (AvgIpc) is 3.39. The van der Waals surface area contributed by atoms with Crippen LogP contribution < -0.4 is 19.5 Å². The number of carbonyl (C=O) groups excluding carboxylic acids is 1. The minimum Gasteiger partial charge on any atom is -0.486 e. The Kier molecular flexibility index (Phi) is 5.67. The second-order valence-corrected chi connectivity index (χ2v) is 7.92. The lowest BCUT2D eigenvalue weighted by Gasteiger charge is -2.18. The molecule has 2 N–H and O–H groups in total. The van der Waals surface area contributed by atoms with Crippen LogP contribution in [-0.2, 0) is 0 Å². The van der Waals surface area contributed by atoms with Gasteiger partial charge in [-0.15, -0.1) is 0 Å². The summed E-state index contributed by atoms with van der Waals surface area (Å²) in [6, 6.07) is 22.6. The molecule has 1 aliphatic rings. The number of nitrogens with one attached hydrogen (secondary N) is 2. The normalized spacial score (nSPS) is 12.2. The molecular formula is C24H20N4O3S. The SMILES string of the molecule is O=C(Nc1ccc(NSc2ccc3c(c2)OCCO3)cc1)c1ccc(-n2cccn2)cc1. The highest BCUT2D eigenvalue weighted by Crippen LogP contribution is 2.34. The molecule has 160 valence electrons. The first-order valence-electron chi connectivity index (χ1n) is 10.1. The molecule has 8 heteroatoms. The summed E-state index contributed by atoms with van der Waals surface area (Å²) >= 11 is 1.48. The Morgan fingerprint density at radius 2 is 1.66 bits per heavy atom. The highest BCUT2D eigenvalue weighted by atomic mass is 32.2. The molecule has 0 spiro atoms. The second kappa shape index (κ2) is 9.07. The molecule has 3 aromatic carbocycles. The number of amides is 1. The number of hydrogen-bond donors (Lipinski definition) is 2. The van der Waals surface area contributed by atoms with E-state index in [1.165, 1.54) is 11.9 Å². The molecule has 0 aliphatic carbocycles. The first-order valence-corrected chi connectivity index (χ1v) is 10.9. The number of carbonyl (C=O) groups is 1. The minimum absolute atomic E-state index is 0.164.